The molecule has 0 aromatic heterocycles. The number of hydrogen-bond acceptors (Lipinski definition) is 4. The molecule has 0 fully saturated rings. The van der Waals surface area contributed by atoms with Crippen molar-refractivity contribution in [3.8, 4) is 0 Å². The average Bonchev–Trinajstić information content (AvgIpc) is 2.40. The molecule has 0 amide bonds. The smallest absolute Gasteiger partial charge is 0.0493 e. The van der Waals surface area contributed by atoms with Crippen molar-refractivity contribution in [1.82, 2.24) is 4.72 Å². The largest absolute Gasteiger partial charge is 0.399 e. The van der Waals surface area contributed by atoms with Crippen LogP contribution in [0.5, 0.6) is 0 Å². The zero-order valence-electron chi connectivity index (χ0n) is 12.2. The van der Waals surface area contributed by atoms with Crippen molar-refractivity contribution in [3.63, 3.8) is 0 Å². The standard InChI is InChI=1S/C15H27N3S/c1-3-4-5-6-7-8-11-18-14-10-9-13(16)12-15(14)19-17-2/h9-10,12,17-18H,3-8,11,16H2,1-2H3. The minimum absolute atomic E-state index is 0.808. The molecule has 19 heavy (non-hydrogen) atoms. The number of rotatable bonds is 10. The van der Waals surface area contributed by atoms with Crippen LogP contribution in [0.15, 0.2) is 23.1 Å². The van der Waals surface area contributed by atoms with Crippen LogP contribution in [0.1, 0.15) is 45.4 Å². The van der Waals surface area contributed by atoms with Crippen molar-refractivity contribution < 1.29 is 0 Å². The van der Waals surface area contributed by atoms with Gasteiger partial charge in [0.2, 0.25) is 0 Å². The molecular formula is C15H27N3S. The molecule has 108 valence electrons. The fourth-order valence-electron chi connectivity index (χ4n) is 2.01. The first-order valence-electron chi connectivity index (χ1n) is 7.25. The summed E-state index contributed by atoms with van der Waals surface area (Å²) >= 11 is 1.60. The van der Waals surface area contributed by atoms with E-state index < -0.39 is 0 Å². The predicted molar refractivity (Wildman–Crippen MR) is 87.6 cm³/mol. The SMILES string of the molecule is CCCCCCCCNc1ccc(N)cc1SNC. The van der Waals surface area contributed by atoms with Gasteiger partial charge in [0.1, 0.15) is 0 Å². The van der Waals surface area contributed by atoms with Crippen LogP contribution in [-0.2, 0) is 0 Å². The number of nitrogen functional groups attached to an aromatic ring is 1. The van der Waals surface area contributed by atoms with Gasteiger partial charge in [0.05, 0.1) is 0 Å². The first kappa shape index (κ1) is 16.2. The van der Waals surface area contributed by atoms with Gasteiger partial charge in [0.15, 0.2) is 0 Å². The van der Waals surface area contributed by atoms with Gasteiger partial charge in [-0.05, 0) is 43.6 Å². The van der Waals surface area contributed by atoms with Crippen LogP contribution in [0.25, 0.3) is 0 Å². The molecule has 0 bridgehead atoms. The van der Waals surface area contributed by atoms with Crippen LogP contribution in [0.3, 0.4) is 0 Å². The molecule has 0 aliphatic carbocycles. The Labute approximate surface area is 121 Å². The number of hydrogen-bond donors (Lipinski definition) is 3. The van der Waals surface area contributed by atoms with Gasteiger partial charge in [-0.2, -0.15) is 0 Å². The van der Waals surface area contributed by atoms with Crippen LogP contribution < -0.4 is 15.8 Å². The summed E-state index contributed by atoms with van der Waals surface area (Å²) in [6, 6.07) is 6.01. The lowest BCUT2D eigenvalue weighted by Crippen LogP contribution is -2.04. The van der Waals surface area contributed by atoms with Gasteiger partial charge < -0.3 is 11.1 Å². The van der Waals surface area contributed by atoms with E-state index in [2.05, 4.69) is 23.0 Å². The second-order valence-electron chi connectivity index (χ2n) is 4.76. The second-order valence-corrected chi connectivity index (χ2v) is 5.81. The fourth-order valence-corrected chi connectivity index (χ4v) is 2.67. The maximum atomic E-state index is 5.81. The van der Waals surface area contributed by atoms with Crippen LogP contribution in [-0.4, -0.2) is 13.6 Å². The van der Waals surface area contributed by atoms with Crippen LogP contribution >= 0.6 is 11.9 Å². The monoisotopic (exact) mass is 281 g/mol. The van der Waals surface area contributed by atoms with E-state index in [0.717, 1.165) is 17.1 Å². The zero-order valence-corrected chi connectivity index (χ0v) is 13.0. The molecule has 0 saturated heterocycles. The van der Waals surface area contributed by atoms with Gasteiger partial charge in [-0.3, -0.25) is 4.72 Å². The Morgan fingerprint density at radius 3 is 2.58 bits per heavy atom. The molecule has 0 aliphatic rings. The molecule has 0 aliphatic heterocycles. The van der Waals surface area contributed by atoms with E-state index in [0.29, 0.717) is 0 Å². The summed E-state index contributed by atoms with van der Waals surface area (Å²) in [6.45, 7) is 3.29. The zero-order chi connectivity index (χ0) is 13.9. The quantitative estimate of drug-likeness (QED) is 0.340. The van der Waals surface area contributed by atoms with Crippen molar-refractivity contribution in [2.75, 3.05) is 24.6 Å². The summed E-state index contributed by atoms with van der Waals surface area (Å²) in [7, 11) is 1.92. The minimum Gasteiger partial charge on any atom is -0.399 e. The highest BCUT2D eigenvalue weighted by atomic mass is 32.2. The lowest BCUT2D eigenvalue weighted by Gasteiger charge is -2.12. The van der Waals surface area contributed by atoms with Crippen LogP contribution in [0.2, 0.25) is 0 Å². The molecule has 1 aromatic rings. The number of anilines is 2. The molecule has 0 unspecified atom stereocenters. The second kappa shape index (κ2) is 9.98. The molecule has 0 heterocycles. The number of nitrogens with one attached hydrogen (secondary N) is 2. The maximum absolute atomic E-state index is 5.81. The summed E-state index contributed by atoms with van der Waals surface area (Å²) in [5.41, 5.74) is 7.79. The average molecular weight is 281 g/mol. The van der Waals surface area contributed by atoms with Crippen molar-refractivity contribution in [3.05, 3.63) is 18.2 Å². The Kier molecular flexibility index (Phi) is 8.50. The molecule has 0 spiro atoms. The third-order valence-corrected chi connectivity index (χ3v) is 3.83. The summed E-state index contributed by atoms with van der Waals surface area (Å²) in [6.07, 6.45) is 7.96. The Morgan fingerprint density at radius 2 is 1.84 bits per heavy atom. The predicted octanol–water partition coefficient (Wildman–Crippen LogP) is 4.27. The third-order valence-electron chi connectivity index (χ3n) is 3.06. The minimum atomic E-state index is 0.808. The third kappa shape index (κ3) is 6.73. The van der Waals surface area contributed by atoms with E-state index in [9.17, 15) is 0 Å². The van der Waals surface area contributed by atoms with E-state index in [1.165, 1.54) is 44.2 Å². The van der Waals surface area contributed by atoms with Gasteiger partial charge in [-0.15, -0.1) is 0 Å². The molecule has 0 saturated carbocycles. The van der Waals surface area contributed by atoms with E-state index >= 15 is 0 Å². The van der Waals surface area contributed by atoms with E-state index in [4.69, 9.17) is 5.73 Å². The maximum Gasteiger partial charge on any atom is 0.0493 e. The summed E-state index contributed by atoms with van der Waals surface area (Å²) < 4.78 is 3.10. The van der Waals surface area contributed by atoms with Gasteiger partial charge >= 0.3 is 0 Å². The lowest BCUT2D eigenvalue weighted by molar-refractivity contribution is 0.617. The molecule has 4 N–H and O–H groups in total. The number of nitrogens with two attached hydrogens (primary N) is 1. The molecule has 0 radical (unpaired) electrons. The highest BCUT2D eigenvalue weighted by molar-refractivity contribution is 7.97. The molecule has 0 atom stereocenters. The molecule has 3 nitrogen and oxygen atoms in total. The summed E-state index contributed by atoms with van der Waals surface area (Å²) in [4.78, 5) is 1.16. The first-order chi connectivity index (χ1) is 9.27. The van der Waals surface area contributed by atoms with E-state index in [1.807, 2.05) is 19.2 Å². The highest BCUT2D eigenvalue weighted by Gasteiger charge is 2.02. The Bertz CT molecular complexity index is 355. The number of unbranched alkanes of at least 4 members (excludes halogenated alkanes) is 5. The molecule has 4 heteroatoms. The molecular weight excluding hydrogens is 254 g/mol. The summed E-state index contributed by atoms with van der Waals surface area (Å²) in [5.74, 6) is 0. The van der Waals surface area contributed by atoms with Crippen molar-refractivity contribution in [1.29, 1.82) is 0 Å². The van der Waals surface area contributed by atoms with Crippen LogP contribution in [0.4, 0.5) is 11.4 Å². The first-order valence-corrected chi connectivity index (χ1v) is 8.06. The van der Waals surface area contributed by atoms with Gasteiger partial charge in [0, 0.05) is 22.8 Å². The van der Waals surface area contributed by atoms with E-state index in [-0.39, 0.29) is 0 Å². The van der Waals surface area contributed by atoms with Gasteiger partial charge in [-0.25, -0.2) is 0 Å². The normalized spacial score (nSPS) is 10.6. The van der Waals surface area contributed by atoms with Crippen LogP contribution in [0, 0.1) is 0 Å². The van der Waals surface area contributed by atoms with Crippen molar-refractivity contribution in [2.45, 2.75) is 50.3 Å². The lowest BCUT2D eigenvalue weighted by atomic mass is 10.1. The van der Waals surface area contributed by atoms with Gasteiger partial charge in [0.25, 0.3) is 0 Å². The summed E-state index contributed by atoms with van der Waals surface area (Å²) in [5, 5.41) is 3.50. The number of benzene rings is 1. The van der Waals surface area contributed by atoms with Crippen molar-refractivity contribution in [2.24, 2.45) is 0 Å². The highest BCUT2D eigenvalue weighted by Crippen LogP contribution is 2.27. The Morgan fingerprint density at radius 1 is 1.11 bits per heavy atom. The van der Waals surface area contributed by atoms with E-state index in [1.54, 1.807) is 11.9 Å². The molecule has 1 rings (SSSR count). The molecule has 1 aromatic carbocycles. The van der Waals surface area contributed by atoms with Crippen molar-refractivity contribution >= 4 is 23.3 Å². The Balaban J connectivity index is 2.28. The Hall–Kier alpha value is -0.870. The van der Waals surface area contributed by atoms with Gasteiger partial charge in [-0.1, -0.05) is 39.0 Å². The topological polar surface area (TPSA) is 50.1 Å². The fraction of sp³-hybridized carbons (Fsp3) is 0.600.